The van der Waals surface area contributed by atoms with Crippen molar-refractivity contribution in [3.63, 3.8) is 0 Å². The molecular formula is C19H26IN7. The summed E-state index contributed by atoms with van der Waals surface area (Å²) < 4.78 is 1.93. The number of guanidine groups is 1. The zero-order valence-electron chi connectivity index (χ0n) is 15.4. The lowest BCUT2D eigenvalue weighted by Crippen LogP contribution is -2.40. The number of aliphatic imine (C=N–C) groups is 1. The van der Waals surface area contributed by atoms with Crippen molar-refractivity contribution >= 4 is 46.7 Å². The van der Waals surface area contributed by atoms with Crippen molar-refractivity contribution in [2.45, 2.75) is 13.0 Å². The average Bonchev–Trinajstić information content (AvgIpc) is 3.20. The molecule has 1 aromatic carbocycles. The van der Waals surface area contributed by atoms with Gasteiger partial charge in [-0.2, -0.15) is 5.10 Å². The highest BCUT2D eigenvalue weighted by molar-refractivity contribution is 14.0. The van der Waals surface area contributed by atoms with Gasteiger partial charge in [0.1, 0.15) is 5.82 Å². The predicted molar refractivity (Wildman–Crippen MR) is 122 cm³/mol. The highest BCUT2D eigenvalue weighted by atomic mass is 127. The fourth-order valence-corrected chi connectivity index (χ4v) is 2.64. The van der Waals surface area contributed by atoms with Crippen LogP contribution in [0.2, 0.25) is 0 Å². The highest BCUT2D eigenvalue weighted by Crippen LogP contribution is 2.13. The molecule has 0 saturated heterocycles. The number of pyridine rings is 1. The van der Waals surface area contributed by atoms with Gasteiger partial charge in [0.2, 0.25) is 0 Å². The quantitative estimate of drug-likeness (QED) is 0.201. The third-order valence-corrected chi connectivity index (χ3v) is 3.96. The first-order valence-electron chi connectivity index (χ1n) is 8.87. The summed E-state index contributed by atoms with van der Waals surface area (Å²) in [4.78, 5) is 8.84. The molecule has 0 atom stereocenters. The molecule has 0 unspecified atom stereocenters. The second-order valence-electron chi connectivity index (χ2n) is 5.86. The number of nitrogens with one attached hydrogen (secondary N) is 3. The molecule has 3 aromatic rings. The van der Waals surface area contributed by atoms with Crippen LogP contribution in [0.4, 0.5) is 5.82 Å². The molecule has 0 saturated carbocycles. The molecule has 3 N–H and O–H groups in total. The predicted octanol–water partition coefficient (Wildman–Crippen LogP) is 2.72. The average molecular weight is 479 g/mol. The summed E-state index contributed by atoms with van der Waals surface area (Å²) in [7, 11) is 1.78. The maximum absolute atomic E-state index is 4.60. The van der Waals surface area contributed by atoms with E-state index in [4.69, 9.17) is 0 Å². The molecule has 3 rings (SSSR count). The summed E-state index contributed by atoms with van der Waals surface area (Å²) in [5, 5.41) is 15.3. The fourth-order valence-electron chi connectivity index (χ4n) is 2.64. The number of nitrogens with zero attached hydrogens (tertiary/aromatic N) is 4. The van der Waals surface area contributed by atoms with Crippen molar-refractivity contribution in [2.75, 3.05) is 32.0 Å². The normalized spacial score (nSPS) is 11.1. The number of benzene rings is 1. The van der Waals surface area contributed by atoms with Gasteiger partial charge < -0.3 is 16.0 Å². The Balaban J connectivity index is 0.00000261. The van der Waals surface area contributed by atoms with E-state index in [1.54, 1.807) is 13.2 Å². The smallest absolute Gasteiger partial charge is 0.191 e. The van der Waals surface area contributed by atoms with Crippen LogP contribution in [0.15, 0.2) is 59.9 Å². The van der Waals surface area contributed by atoms with E-state index >= 15 is 0 Å². The summed E-state index contributed by atoms with van der Waals surface area (Å²) in [5.74, 6) is 1.69. The first-order chi connectivity index (χ1) is 12.8. The van der Waals surface area contributed by atoms with Crippen molar-refractivity contribution in [2.24, 2.45) is 4.99 Å². The number of hydrogen-bond acceptors (Lipinski definition) is 4. The fraction of sp³-hybridized carbons (Fsp3) is 0.316. The van der Waals surface area contributed by atoms with E-state index in [-0.39, 0.29) is 24.0 Å². The molecular weight excluding hydrogens is 453 g/mol. The minimum atomic E-state index is 0. The zero-order chi connectivity index (χ0) is 18.0. The van der Waals surface area contributed by atoms with Gasteiger partial charge >= 0.3 is 0 Å². The van der Waals surface area contributed by atoms with E-state index < -0.39 is 0 Å². The van der Waals surface area contributed by atoms with Gasteiger partial charge in [-0.05, 0) is 30.7 Å². The summed E-state index contributed by atoms with van der Waals surface area (Å²) in [6.45, 7) is 3.26. The SMILES string of the molecule is CN=C(NCCCn1cccn1)NCCNc1ccc2ccccc2n1.I. The first kappa shape index (κ1) is 20.9. The Labute approximate surface area is 176 Å². The van der Waals surface area contributed by atoms with Gasteiger partial charge in [0, 0.05) is 51.0 Å². The van der Waals surface area contributed by atoms with Crippen LogP contribution in [-0.4, -0.2) is 47.4 Å². The van der Waals surface area contributed by atoms with Gasteiger partial charge in [-0.15, -0.1) is 24.0 Å². The highest BCUT2D eigenvalue weighted by Gasteiger charge is 1.99. The molecule has 2 heterocycles. The molecule has 8 heteroatoms. The monoisotopic (exact) mass is 479 g/mol. The lowest BCUT2D eigenvalue weighted by molar-refractivity contribution is 0.570. The van der Waals surface area contributed by atoms with Crippen LogP contribution in [0.1, 0.15) is 6.42 Å². The maximum Gasteiger partial charge on any atom is 0.191 e. The molecule has 0 bridgehead atoms. The van der Waals surface area contributed by atoms with Gasteiger partial charge in [-0.1, -0.05) is 18.2 Å². The van der Waals surface area contributed by atoms with E-state index in [0.717, 1.165) is 55.3 Å². The van der Waals surface area contributed by atoms with E-state index in [1.807, 2.05) is 41.2 Å². The zero-order valence-corrected chi connectivity index (χ0v) is 17.8. The Morgan fingerprint density at radius 1 is 1.04 bits per heavy atom. The van der Waals surface area contributed by atoms with Crippen LogP contribution in [0.5, 0.6) is 0 Å². The number of hydrogen-bond donors (Lipinski definition) is 3. The van der Waals surface area contributed by atoms with Crippen molar-refractivity contribution in [3.05, 3.63) is 54.9 Å². The Morgan fingerprint density at radius 3 is 2.70 bits per heavy atom. The molecule has 0 fully saturated rings. The largest absolute Gasteiger partial charge is 0.368 e. The van der Waals surface area contributed by atoms with Crippen LogP contribution < -0.4 is 16.0 Å². The van der Waals surface area contributed by atoms with Gasteiger partial charge in [0.05, 0.1) is 5.52 Å². The number of aromatic nitrogens is 3. The molecule has 0 aliphatic carbocycles. The maximum atomic E-state index is 4.60. The summed E-state index contributed by atoms with van der Waals surface area (Å²) in [6, 6.07) is 14.1. The van der Waals surface area contributed by atoms with E-state index in [1.165, 1.54) is 0 Å². The van der Waals surface area contributed by atoms with Gasteiger partial charge in [-0.3, -0.25) is 9.67 Å². The minimum absolute atomic E-state index is 0. The third-order valence-electron chi connectivity index (χ3n) is 3.96. The second kappa shape index (κ2) is 11.4. The minimum Gasteiger partial charge on any atom is -0.368 e. The molecule has 0 aliphatic rings. The number of fused-ring (bicyclic) bond motifs is 1. The van der Waals surface area contributed by atoms with Crippen LogP contribution in [0.3, 0.4) is 0 Å². The van der Waals surface area contributed by atoms with Gasteiger partial charge in [0.15, 0.2) is 5.96 Å². The molecule has 0 spiro atoms. The Bertz CT molecular complexity index is 833. The number of aryl methyl sites for hydroxylation is 1. The molecule has 0 amide bonds. The Hall–Kier alpha value is -2.36. The summed E-state index contributed by atoms with van der Waals surface area (Å²) >= 11 is 0. The van der Waals surface area contributed by atoms with Crippen molar-refractivity contribution in [3.8, 4) is 0 Å². The van der Waals surface area contributed by atoms with E-state index in [2.05, 4.69) is 43.2 Å². The first-order valence-corrected chi connectivity index (χ1v) is 8.87. The molecule has 27 heavy (non-hydrogen) atoms. The standard InChI is InChI=1S/C19H25N7.HI/c1-20-19(22-10-4-14-26-15-5-11-24-26)23-13-12-21-18-9-8-16-6-2-3-7-17(16)25-18;/h2-3,5-9,11,15H,4,10,12-14H2,1H3,(H,21,25)(H2,20,22,23);1H. The van der Waals surface area contributed by atoms with Crippen molar-refractivity contribution < 1.29 is 0 Å². The van der Waals surface area contributed by atoms with Gasteiger partial charge in [-0.25, -0.2) is 4.98 Å². The lowest BCUT2D eigenvalue weighted by atomic mass is 10.2. The summed E-state index contributed by atoms with van der Waals surface area (Å²) in [5.41, 5.74) is 1.00. The van der Waals surface area contributed by atoms with Crippen LogP contribution in [-0.2, 0) is 6.54 Å². The molecule has 0 aliphatic heterocycles. The topological polar surface area (TPSA) is 79.2 Å². The second-order valence-corrected chi connectivity index (χ2v) is 5.86. The van der Waals surface area contributed by atoms with Crippen LogP contribution in [0.25, 0.3) is 10.9 Å². The molecule has 144 valence electrons. The number of halogens is 1. The van der Waals surface area contributed by atoms with Crippen LogP contribution in [0, 0.1) is 0 Å². The van der Waals surface area contributed by atoms with E-state index in [0.29, 0.717) is 0 Å². The van der Waals surface area contributed by atoms with Crippen molar-refractivity contribution in [1.82, 2.24) is 25.4 Å². The third kappa shape index (κ3) is 6.70. The van der Waals surface area contributed by atoms with Gasteiger partial charge in [0.25, 0.3) is 0 Å². The summed E-state index contributed by atoms with van der Waals surface area (Å²) in [6.07, 6.45) is 4.76. The molecule has 0 radical (unpaired) electrons. The molecule has 2 aromatic heterocycles. The number of para-hydroxylation sites is 1. The number of anilines is 1. The lowest BCUT2D eigenvalue weighted by Gasteiger charge is -2.12. The van der Waals surface area contributed by atoms with Crippen molar-refractivity contribution in [1.29, 1.82) is 0 Å². The Kier molecular flexibility index (Phi) is 8.82. The van der Waals surface area contributed by atoms with E-state index in [9.17, 15) is 0 Å². The van der Waals surface area contributed by atoms with Crippen LogP contribution >= 0.6 is 24.0 Å². The Morgan fingerprint density at radius 2 is 1.89 bits per heavy atom. The molecule has 7 nitrogen and oxygen atoms in total. The number of rotatable bonds is 8.